The van der Waals surface area contributed by atoms with Gasteiger partial charge in [-0.1, -0.05) is 14.3 Å². The van der Waals surface area contributed by atoms with Crippen LogP contribution in [-0.4, -0.2) is 18.3 Å². The summed E-state index contributed by atoms with van der Waals surface area (Å²) < 4.78 is 6.26. The van der Waals surface area contributed by atoms with Crippen molar-refractivity contribution in [2.75, 3.05) is 12.3 Å². The van der Waals surface area contributed by atoms with Crippen LogP contribution in [0, 0.1) is 42.4 Å². The second kappa shape index (κ2) is 6.07. The molecular weight excluding hydrogens is 363 g/mol. The van der Waals surface area contributed by atoms with Gasteiger partial charge in [0.2, 0.25) is 0 Å². The lowest BCUT2D eigenvalue weighted by molar-refractivity contribution is -0.176. The monoisotopic (exact) mass is 396 g/mol. The van der Waals surface area contributed by atoms with Gasteiger partial charge in [-0.2, -0.15) is 0 Å². The lowest BCUT2D eigenvalue weighted by atomic mass is 9.46. The summed E-state index contributed by atoms with van der Waals surface area (Å²) in [6.45, 7) is 4.30. The Morgan fingerprint density at radius 2 is 1.68 bits per heavy atom. The van der Waals surface area contributed by atoms with E-state index in [4.69, 9.17) is 4.74 Å². The maximum absolute atomic E-state index is 13.6. The third-order valence-electron chi connectivity index (χ3n) is 9.31. The molecule has 1 heterocycles. The Balaban J connectivity index is 1.27. The first-order chi connectivity index (χ1) is 13.5. The number of fused-ring (bicyclic) bond motifs is 2. The number of esters is 1. The van der Waals surface area contributed by atoms with Gasteiger partial charge in [-0.15, -0.1) is 0 Å². The molecule has 3 bridgehead atoms. The number of aryl methyl sites for hydroxylation is 2. The second-order valence-electron chi connectivity index (χ2n) is 10.8. The summed E-state index contributed by atoms with van der Waals surface area (Å²) in [6, 6.07) is 4.68. The molecule has 1 aromatic carbocycles. The van der Waals surface area contributed by atoms with Crippen LogP contribution in [0.1, 0.15) is 68.9 Å². The van der Waals surface area contributed by atoms with Crippen LogP contribution in [0.15, 0.2) is 12.1 Å². The molecule has 5 atom stereocenters. The molecule has 4 aliphatic carbocycles. The van der Waals surface area contributed by atoms with Crippen LogP contribution in [0.4, 0.5) is 0 Å². The minimum Gasteiger partial charge on any atom is -0.426 e. The van der Waals surface area contributed by atoms with E-state index in [2.05, 4.69) is 26.0 Å². The van der Waals surface area contributed by atoms with Crippen LogP contribution >= 0.6 is 7.92 Å². The molecule has 1 saturated heterocycles. The van der Waals surface area contributed by atoms with E-state index in [1.807, 2.05) is 0 Å². The maximum Gasteiger partial charge on any atom is 0.318 e. The Morgan fingerprint density at radius 1 is 0.964 bits per heavy atom. The van der Waals surface area contributed by atoms with Gasteiger partial charge in [-0.3, -0.25) is 4.79 Å². The zero-order valence-electron chi connectivity index (χ0n) is 17.4. The van der Waals surface area contributed by atoms with Crippen molar-refractivity contribution in [2.45, 2.75) is 71.6 Å². The van der Waals surface area contributed by atoms with E-state index >= 15 is 0 Å². The molecule has 5 unspecified atom stereocenters. The smallest absolute Gasteiger partial charge is 0.318 e. The van der Waals surface area contributed by atoms with E-state index < -0.39 is 0 Å². The Hall–Kier alpha value is -0.880. The van der Waals surface area contributed by atoms with E-state index in [0.29, 0.717) is 5.41 Å². The average Bonchev–Trinajstić information content (AvgIpc) is 3.00. The SMILES string of the molecule is Cc1cc(P2CCCCC2)cc(C)c1OC(=O)C12CC3CC4CC(C1)C2(C4)C3. The molecule has 0 amide bonds. The Morgan fingerprint density at radius 3 is 2.43 bits per heavy atom. The molecule has 6 rings (SSSR count). The van der Waals surface area contributed by atoms with E-state index in [1.54, 1.807) is 0 Å². The average molecular weight is 397 g/mol. The molecule has 0 aromatic heterocycles. The number of hydrogen-bond acceptors (Lipinski definition) is 2. The molecule has 3 heteroatoms. The lowest BCUT2D eigenvalue weighted by Crippen LogP contribution is -2.58. The Kier molecular flexibility index (Phi) is 3.89. The molecule has 1 aliphatic heterocycles. The van der Waals surface area contributed by atoms with Crippen molar-refractivity contribution >= 4 is 19.2 Å². The zero-order chi connectivity index (χ0) is 19.1. The summed E-state index contributed by atoms with van der Waals surface area (Å²) in [4.78, 5) is 13.6. The lowest BCUT2D eigenvalue weighted by Gasteiger charge is -2.56. The van der Waals surface area contributed by atoms with E-state index in [0.717, 1.165) is 36.3 Å². The molecule has 1 spiro atoms. The topological polar surface area (TPSA) is 26.3 Å². The highest BCUT2D eigenvalue weighted by atomic mass is 31.1. The molecule has 5 aliphatic rings. The van der Waals surface area contributed by atoms with Gasteiger partial charge in [0.25, 0.3) is 0 Å². The van der Waals surface area contributed by atoms with Crippen LogP contribution in [0.2, 0.25) is 0 Å². The summed E-state index contributed by atoms with van der Waals surface area (Å²) in [5.74, 6) is 3.50. The van der Waals surface area contributed by atoms with Gasteiger partial charge in [0.15, 0.2) is 0 Å². The fraction of sp³-hybridized carbons (Fsp3) is 0.720. The normalized spacial score (nSPS) is 41.0. The van der Waals surface area contributed by atoms with Crippen LogP contribution in [0.5, 0.6) is 5.75 Å². The molecule has 150 valence electrons. The fourth-order valence-electron chi connectivity index (χ4n) is 8.36. The third-order valence-corrected chi connectivity index (χ3v) is 12.0. The van der Waals surface area contributed by atoms with Crippen LogP contribution in [0.25, 0.3) is 0 Å². The number of ether oxygens (including phenoxy) is 1. The van der Waals surface area contributed by atoms with Gasteiger partial charge in [0.1, 0.15) is 5.75 Å². The van der Waals surface area contributed by atoms with E-state index in [9.17, 15) is 4.79 Å². The molecule has 0 radical (unpaired) electrons. The predicted molar refractivity (Wildman–Crippen MR) is 115 cm³/mol. The third kappa shape index (κ3) is 2.28. The first-order valence-corrected chi connectivity index (χ1v) is 13.3. The predicted octanol–water partition coefficient (Wildman–Crippen LogP) is 5.72. The molecule has 2 nitrogen and oxygen atoms in total. The molecule has 4 saturated carbocycles. The number of hydrogen-bond donors (Lipinski definition) is 0. The van der Waals surface area contributed by atoms with Crippen molar-refractivity contribution in [3.63, 3.8) is 0 Å². The minimum atomic E-state index is -0.140. The number of rotatable bonds is 3. The summed E-state index contributed by atoms with van der Waals surface area (Å²) in [5, 5.41) is 1.53. The molecule has 28 heavy (non-hydrogen) atoms. The van der Waals surface area contributed by atoms with Gasteiger partial charge in [-0.05, 0) is 129 Å². The Bertz CT molecular complexity index is 812. The summed E-state index contributed by atoms with van der Waals surface area (Å²) in [7, 11) is 0.00368. The van der Waals surface area contributed by atoms with Gasteiger partial charge >= 0.3 is 5.97 Å². The van der Waals surface area contributed by atoms with E-state index in [1.165, 1.54) is 73.7 Å². The summed E-state index contributed by atoms with van der Waals surface area (Å²) in [5.41, 5.74) is 2.53. The summed E-state index contributed by atoms with van der Waals surface area (Å²) >= 11 is 0. The number of carbonyl (C=O) groups excluding carboxylic acids is 1. The van der Waals surface area contributed by atoms with Crippen molar-refractivity contribution in [3.05, 3.63) is 23.3 Å². The van der Waals surface area contributed by atoms with Crippen molar-refractivity contribution in [1.29, 1.82) is 0 Å². The molecule has 5 fully saturated rings. The van der Waals surface area contributed by atoms with Crippen molar-refractivity contribution in [1.82, 2.24) is 0 Å². The van der Waals surface area contributed by atoms with Gasteiger partial charge in [0, 0.05) is 0 Å². The highest BCUT2D eigenvalue weighted by Crippen LogP contribution is 2.81. The fourth-order valence-corrected chi connectivity index (χ4v) is 11.1. The van der Waals surface area contributed by atoms with Gasteiger partial charge in [0.05, 0.1) is 5.41 Å². The zero-order valence-corrected chi connectivity index (χ0v) is 18.3. The van der Waals surface area contributed by atoms with Crippen LogP contribution < -0.4 is 10.0 Å². The maximum atomic E-state index is 13.6. The van der Waals surface area contributed by atoms with Gasteiger partial charge < -0.3 is 4.74 Å². The second-order valence-corrected chi connectivity index (χ2v) is 13.3. The number of carbonyl (C=O) groups is 1. The van der Waals surface area contributed by atoms with Crippen molar-refractivity contribution in [3.8, 4) is 5.75 Å². The first-order valence-electron chi connectivity index (χ1n) is 11.6. The molecular formula is C25H33O2P. The summed E-state index contributed by atoms with van der Waals surface area (Å²) in [6.07, 6.45) is 14.5. The van der Waals surface area contributed by atoms with Crippen molar-refractivity contribution < 1.29 is 9.53 Å². The highest BCUT2D eigenvalue weighted by Gasteiger charge is 2.77. The quantitative estimate of drug-likeness (QED) is 0.371. The first kappa shape index (κ1) is 17.9. The van der Waals surface area contributed by atoms with E-state index in [-0.39, 0.29) is 19.3 Å². The van der Waals surface area contributed by atoms with Crippen LogP contribution in [0.3, 0.4) is 0 Å². The van der Waals surface area contributed by atoms with Crippen LogP contribution in [-0.2, 0) is 4.79 Å². The minimum absolute atomic E-state index is 0.00368. The standard InChI is InChI=1S/C25H33O2P/c1-16-8-21(28-6-4-3-5-7-28)9-17(2)22(16)27-23(26)25-14-19-10-18-11-20(15-25)24(25,12-18)13-19/h8-9,18-20H,3-7,10-15H2,1-2H3. The molecule has 0 N–H and O–H groups in total. The Labute approximate surface area is 170 Å². The number of benzene rings is 1. The largest absolute Gasteiger partial charge is 0.426 e. The highest BCUT2D eigenvalue weighted by molar-refractivity contribution is 7.65. The van der Waals surface area contributed by atoms with Gasteiger partial charge in [-0.25, -0.2) is 0 Å². The molecule has 1 aromatic rings. The van der Waals surface area contributed by atoms with Crippen molar-refractivity contribution in [2.24, 2.45) is 28.6 Å².